The summed E-state index contributed by atoms with van der Waals surface area (Å²) in [7, 11) is 1.91. The number of aliphatic imine (C=N–C) groups is 1. The van der Waals surface area contributed by atoms with Gasteiger partial charge in [-0.1, -0.05) is 37.1 Å². The molecule has 3 fully saturated rings. The molecule has 1 spiro atoms. The maximum Gasteiger partial charge on any atom is 0.193 e. The number of nitrogens with zero attached hydrogens (tertiary/aromatic N) is 3. The number of hydrogen-bond acceptors (Lipinski definition) is 3. The van der Waals surface area contributed by atoms with Crippen LogP contribution in [-0.4, -0.2) is 62.2 Å². The fraction of sp³-hybridized carbons (Fsp3) is 0.682. The van der Waals surface area contributed by atoms with Gasteiger partial charge in [0.15, 0.2) is 5.96 Å². The largest absolute Gasteiger partial charge is 0.379 e. The molecule has 2 saturated heterocycles. The lowest BCUT2D eigenvalue weighted by atomic mass is 9.86. The minimum absolute atomic E-state index is 0.579. The van der Waals surface area contributed by atoms with Crippen molar-refractivity contribution in [1.82, 2.24) is 15.1 Å². The molecule has 148 valence electrons. The van der Waals surface area contributed by atoms with Gasteiger partial charge in [0.1, 0.15) is 0 Å². The van der Waals surface area contributed by atoms with Gasteiger partial charge in [0, 0.05) is 46.3 Å². The van der Waals surface area contributed by atoms with Crippen LogP contribution in [0, 0.1) is 5.41 Å². The minimum atomic E-state index is 0.579. The summed E-state index contributed by atoms with van der Waals surface area (Å²) in [5, 5.41) is 3.61. The van der Waals surface area contributed by atoms with Crippen molar-refractivity contribution in [3.8, 4) is 0 Å². The van der Waals surface area contributed by atoms with E-state index in [-0.39, 0.29) is 0 Å². The van der Waals surface area contributed by atoms with Crippen molar-refractivity contribution >= 4 is 5.96 Å². The zero-order valence-corrected chi connectivity index (χ0v) is 16.8. The molecule has 27 heavy (non-hydrogen) atoms. The Bertz CT molecular complexity index is 647. The Balaban J connectivity index is 1.31. The van der Waals surface area contributed by atoms with Gasteiger partial charge in [0.2, 0.25) is 0 Å². The first-order valence-corrected chi connectivity index (χ1v) is 10.6. The quantitative estimate of drug-likeness (QED) is 0.654. The summed E-state index contributed by atoms with van der Waals surface area (Å²) in [6.45, 7) is 7.97. The van der Waals surface area contributed by atoms with E-state index in [0.29, 0.717) is 5.41 Å². The van der Waals surface area contributed by atoms with E-state index >= 15 is 0 Å². The number of likely N-dealkylation sites (tertiary alicyclic amines) is 1. The number of nitrogens with one attached hydrogen (secondary N) is 1. The van der Waals surface area contributed by atoms with Crippen LogP contribution in [-0.2, 0) is 17.8 Å². The zero-order valence-electron chi connectivity index (χ0n) is 16.8. The van der Waals surface area contributed by atoms with E-state index in [4.69, 9.17) is 4.74 Å². The van der Waals surface area contributed by atoms with Gasteiger partial charge in [-0.2, -0.15) is 0 Å². The molecule has 3 aliphatic rings. The second kappa shape index (κ2) is 8.61. The third-order valence-electron chi connectivity index (χ3n) is 6.57. The summed E-state index contributed by atoms with van der Waals surface area (Å²) < 4.78 is 5.45. The number of ether oxygens (including phenoxy) is 1. The van der Waals surface area contributed by atoms with Crippen LogP contribution in [0.5, 0.6) is 0 Å². The molecule has 2 heterocycles. The SMILES string of the molecule is CN=C(NCc1cccc(CN2CCOCC2)c1)N1CCC2(CCCC2)C1. The highest BCUT2D eigenvalue weighted by Crippen LogP contribution is 2.45. The standard InChI is InChI=1S/C22H34N4O/c1-23-21(26-10-9-22(18-26)7-2-3-8-22)24-16-19-5-4-6-20(15-19)17-25-11-13-27-14-12-25/h4-6,15H,2-3,7-14,16-18H2,1H3,(H,23,24). The predicted octanol–water partition coefficient (Wildman–Crippen LogP) is 2.86. The van der Waals surface area contributed by atoms with Crippen LogP contribution in [0.4, 0.5) is 0 Å². The highest BCUT2D eigenvalue weighted by molar-refractivity contribution is 5.80. The van der Waals surface area contributed by atoms with Gasteiger partial charge in [0.05, 0.1) is 13.2 Å². The molecule has 4 rings (SSSR count). The first-order valence-electron chi connectivity index (χ1n) is 10.6. The van der Waals surface area contributed by atoms with Crippen LogP contribution >= 0.6 is 0 Å². The molecule has 0 amide bonds. The Morgan fingerprint density at radius 3 is 2.67 bits per heavy atom. The number of morpholine rings is 1. The lowest BCUT2D eigenvalue weighted by Gasteiger charge is -2.27. The Hall–Kier alpha value is -1.59. The smallest absolute Gasteiger partial charge is 0.193 e. The first kappa shape index (κ1) is 18.8. The van der Waals surface area contributed by atoms with Crippen molar-refractivity contribution in [2.45, 2.75) is 45.2 Å². The highest BCUT2D eigenvalue weighted by atomic mass is 16.5. The van der Waals surface area contributed by atoms with Crippen molar-refractivity contribution in [3.63, 3.8) is 0 Å². The van der Waals surface area contributed by atoms with E-state index in [0.717, 1.165) is 51.9 Å². The third kappa shape index (κ3) is 4.64. The van der Waals surface area contributed by atoms with E-state index in [1.807, 2.05) is 7.05 Å². The third-order valence-corrected chi connectivity index (χ3v) is 6.57. The number of rotatable bonds is 4. The highest BCUT2D eigenvalue weighted by Gasteiger charge is 2.41. The fourth-order valence-corrected chi connectivity index (χ4v) is 5.02. The Kier molecular flexibility index (Phi) is 5.98. The van der Waals surface area contributed by atoms with Gasteiger partial charge in [-0.05, 0) is 35.8 Å². The van der Waals surface area contributed by atoms with Crippen LogP contribution in [0.15, 0.2) is 29.3 Å². The molecule has 5 nitrogen and oxygen atoms in total. The first-order chi connectivity index (χ1) is 13.3. The van der Waals surface area contributed by atoms with Crippen molar-refractivity contribution < 1.29 is 4.74 Å². The van der Waals surface area contributed by atoms with E-state index < -0.39 is 0 Å². The molecule has 1 aromatic rings. The zero-order chi connectivity index (χ0) is 18.5. The summed E-state index contributed by atoms with van der Waals surface area (Å²) in [6, 6.07) is 8.96. The number of hydrogen-bond donors (Lipinski definition) is 1. The number of benzene rings is 1. The van der Waals surface area contributed by atoms with E-state index in [9.17, 15) is 0 Å². The van der Waals surface area contributed by atoms with E-state index in [1.165, 1.54) is 49.8 Å². The molecule has 0 bridgehead atoms. The molecule has 0 radical (unpaired) electrons. The Morgan fingerprint density at radius 1 is 1.11 bits per heavy atom. The molecular formula is C22H34N4O. The maximum absolute atomic E-state index is 5.45. The molecule has 1 aliphatic carbocycles. The van der Waals surface area contributed by atoms with Crippen LogP contribution in [0.2, 0.25) is 0 Å². The lowest BCUT2D eigenvalue weighted by molar-refractivity contribution is 0.0342. The van der Waals surface area contributed by atoms with Gasteiger partial charge >= 0.3 is 0 Å². The second-order valence-electron chi connectivity index (χ2n) is 8.49. The van der Waals surface area contributed by atoms with Crippen LogP contribution in [0.1, 0.15) is 43.2 Å². The van der Waals surface area contributed by atoms with Crippen molar-refractivity contribution in [2.75, 3.05) is 46.4 Å². The monoisotopic (exact) mass is 370 g/mol. The van der Waals surface area contributed by atoms with Gasteiger partial charge in [-0.15, -0.1) is 0 Å². The second-order valence-corrected chi connectivity index (χ2v) is 8.49. The van der Waals surface area contributed by atoms with Crippen molar-refractivity contribution in [1.29, 1.82) is 0 Å². The van der Waals surface area contributed by atoms with Crippen LogP contribution < -0.4 is 5.32 Å². The molecule has 1 saturated carbocycles. The summed E-state index contributed by atoms with van der Waals surface area (Å²) in [5.74, 6) is 1.07. The maximum atomic E-state index is 5.45. The van der Waals surface area contributed by atoms with Gasteiger partial charge in [-0.25, -0.2) is 0 Å². The Labute approximate surface area is 163 Å². The molecular weight excluding hydrogens is 336 g/mol. The fourth-order valence-electron chi connectivity index (χ4n) is 5.02. The average molecular weight is 371 g/mol. The summed E-state index contributed by atoms with van der Waals surface area (Å²) in [6.07, 6.45) is 6.97. The minimum Gasteiger partial charge on any atom is -0.379 e. The molecule has 1 N–H and O–H groups in total. The average Bonchev–Trinajstić information content (AvgIpc) is 3.34. The van der Waals surface area contributed by atoms with Crippen molar-refractivity contribution in [2.24, 2.45) is 10.4 Å². The molecule has 5 heteroatoms. The van der Waals surface area contributed by atoms with Gasteiger partial charge < -0.3 is 15.0 Å². The van der Waals surface area contributed by atoms with Crippen LogP contribution in [0.3, 0.4) is 0 Å². The van der Waals surface area contributed by atoms with Gasteiger partial charge in [0.25, 0.3) is 0 Å². The lowest BCUT2D eigenvalue weighted by Crippen LogP contribution is -2.40. The molecule has 0 aromatic heterocycles. The predicted molar refractivity (Wildman–Crippen MR) is 110 cm³/mol. The summed E-state index contributed by atoms with van der Waals surface area (Å²) in [4.78, 5) is 9.51. The number of guanidine groups is 1. The Morgan fingerprint density at radius 2 is 1.89 bits per heavy atom. The van der Waals surface area contributed by atoms with Gasteiger partial charge in [-0.3, -0.25) is 9.89 Å². The van der Waals surface area contributed by atoms with E-state index in [2.05, 4.69) is 44.4 Å². The van der Waals surface area contributed by atoms with E-state index in [1.54, 1.807) is 0 Å². The molecule has 1 aromatic carbocycles. The van der Waals surface area contributed by atoms with Crippen LogP contribution in [0.25, 0.3) is 0 Å². The summed E-state index contributed by atoms with van der Waals surface area (Å²) in [5.41, 5.74) is 3.30. The van der Waals surface area contributed by atoms with Crippen molar-refractivity contribution in [3.05, 3.63) is 35.4 Å². The summed E-state index contributed by atoms with van der Waals surface area (Å²) >= 11 is 0. The molecule has 0 unspecified atom stereocenters. The molecule has 2 aliphatic heterocycles. The normalized spacial score (nSPS) is 23.3. The molecule has 0 atom stereocenters. The topological polar surface area (TPSA) is 40.1 Å².